The first-order valence-corrected chi connectivity index (χ1v) is 4.84. The second kappa shape index (κ2) is 4.57. The number of nitrogens with zero attached hydrogens (tertiary/aromatic N) is 2. The summed E-state index contributed by atoms with van der Waals surface area (Å²) in [6.07, 6.45) is 4.63. The highest BCUT2D eigenvalue weighted by Crippen LogP contribution is 2.16. The highest BCUT2D eigenvalue weighted by atomic mass is 16.5. The van der Waals surface area contributed by atoms with E-state index in [0.29, 0.717) is 0 Å². The van der Waals surface area contributed by atoms with Crippen molar-refractivity contribution in [3.8, 4) is 0 Å². The van der Waals surface area contributed by atoms with Crippen molar-refractivity contribution in [3.05, 3.63) is 18.2 Å². The fraction of sp³-hybridized carbons (Fsp3) is 0.700. The van der Waals surface area contributed by atoms with E-state index in [4.69, 9.17) is 10.5 Å². The summed E-state index contributed by atoms with van der Waals surface area (Å²) in [7, 11) is 1.71. The van der Waals surface area contributed by atoms with Gasteiger partial charge in [0.1, 0.15) is 0 Å². The molecule has 0 aliphatic carbocycles. The molecule has 4 nitrogen and oxygen atoms in total. The van der Waals surface area contributed by atoms with Gasteiger partial charge in [0.25, 0.3) is 0 Å². The summed E-state index contributed by atoms with van der Waals surface area (Å²) in [6.45, 7) is 5.64. The summed E-state index contributed by atoms with van der Waals surface area (Å²) in [5.74, 6) is 0. The van der Waals surface area contributed by atoms with Crippen LogP contribution in [0.4, 0.5) is 0 Å². The Morgan fingerprint density at radius 1 is 1.57 bits per heavy atom. The Labute approximate surface area is 85.1 Å². The minimum absolute atomic E-state index is 0.330. The molecule has 0 radical (unpaired) electrons. The minimum atomic E-state index is -0.330. The van der Waals surface area contributed by atoms with Crippen molar-refractivity contribution in [2.24, 2.45) is 5.73 Å². The van der Waals surface area contributed by atoms with Crippen LogP contribution in [-0.2, 0) is 16.8 Å². The van der Waals surface area contributed by atoms with E-state index in [-0.39, 0.29) is 5.54 Å². The van der Waals surface area contributed by atoms with Crippen molar-refractivity contribution >= 4 is 0 Å². The normalized spacial score (nSPS) is 12.0. The van der Waals surface area contributed by atoms with Gasteiger partial charge in [-0.3, -0.25) is 0 Å². The van der Waals surface area contributed by atoms with Gasteiger partial charge in [0.05, 0.1) is 17.6 Å². The van der Waals surface area contributed by atoms with Crippen molar-refractivity contribution < 1.29 is 4.74 Å². The predicted octanol–water partition coefficient (Wildman–Crippen LogP) is 1.11. The lowest BCUT2D eigenvalue weighted by atomic mass is 10.0. The third kappa shape index (κ3) is 2.82. The summed E-state index contributed by atoms with van der Waals surface area (Å²) in [5, 5.41) is 0. The van der Waals surface area contributed by atoms with E-state index in [2.05, 4.69) is 9.55 Å². The molecule has 0 aromatic carbocycles. The van der Waals surface area contributed by atoms with E-state index in [1.807, 2.05) is 26.4 Å². The number of methoxy groups -OCH3 is 1. The number of hydrogen-bond acceptors (Lipinski definition) is 3. The number of imidazole rings is 1. The quantitative estimate of drug-likeness (QED) is 0.719. The molecule has 0 aliphatic rings. The topological polar surface area (TPSA) is 53.1 Å². The molecule has 1 aromatic rings. The van der Waals surface area contributed by atoms with Crippen LogP contribution in [0.1, 0.15) is 26.0 Å². The molecule has 0 saturated carbocycles. The molecule has 4 heteroatoms. The smallest absolute Gasteiger partial charge is 0.0948 e. The van der Waals surface area contributed by atoms with Crippen molar-refractivity contribution in [2.45, 2.75) is 32.4 Å². The average molecular weight is 197 g/mol. The first-order valence-electron chi connectivity index (χ1n) is 4.84. The Morgan fingerprint density at radius 2 is 2.29 bits per heavy atom. The van der Waals surface area contributed by atoms with Crippen LogP contribution in [-0.4, -0.2) is 23.3 Å². The van der Waals surface area contributed by atoms with Crippen LogP contribution >= 0.6 is 0 Å². The SMILES string of the molecule is COCCCn1cncc1C(C)(C)N. The van der Waals surface area contributed by atoms with Crippen molar-refractivity contribution in [1.82, 2.24) is 9.55 Å². The monoisotopic (exact) mass is 197 g/mol. The molecular formula is C10H19N3O. The van der Waals surface area contributed by atoms with E-state index in [0.717, 1.165) is 25.3 Å². The van der Waals surface area contributed by atoms with E-state index in [1.54, 1.807) is 7.11 Å². The van der Waals surface area contributed by atoms with Crippen LogP contribution in [0.5, 0.6) is 0 Å². The van der Waals surface area contributed by atoms with E-state index in [1.165, 1.54) is 0 Å². The molecule has 0 fully saturated rings. The van der Waals surface area contributed by atoms with Crippen molar-refractivity contribution in [3.63, 3.8) is 0 Å². The van der Waals surface area contributed by atoms with Gasteiger partial charge < -0.3 is 15.0 Å². The first kappa shape index (κ1) is 11.2. The standard InChI is InChI=1S/C10H19N3O/c1-10(2,11)9-7-12-8-13(9)5-4-6-14-3/h7-8H,4-6,11H2,1-3H3. The number of rotatable bonds is 5. The molecule has 0 atom stereocenters. The third-order valence-electron chi connectivity index (χ3n) is 2.12. The van der Waals surface area contributed by atoms with E-state index >= 15 is 0 Å². The fourth-order valence-corrected chi connectivity index (χ4v) is 1.41. The largest absolute Gasteiger partial charge is 0.385 e. The van der Waals surface area contributed by atoms with Gasteiger partial charge in [-0.1, -0.05) is 0 Å². The van der Waals surface area contributed by atoms with Crippen LogP contribution in [0, 0.1) is 0 Å². The lowest BCUT2D eigenvalue weighted by Crippen LogP contribution is -2.31. The molecule has 0 saturated heterocycles. The molecule has 80 valence electrons. The van der Waals surface area contributed by atoms with Gasteiger partial charge >= 0.3 is 0 Å². The molecule has 0 aliphatic heterocycles. The number of nitrogens with two attached hydrogens (primary N) is 1. The maximum Gasteiger partial charge on any atom is 0.0948 e. The molecule has 0 unspecified atom stereocenters. The molecule has 0 spiro atoms. The lowest BCUT2D eigenvalue weighted by Gasteiger charge is -2.20. The zero-order chi connectivity index (χ0) is 10.6. The summed E-state index contributed by atoms with van der Waals surface area (Å²) in [6, 6.07) is 0. The second-order valence-corrected chi connectivity index (χ2v) is 4.04. The molecule has 1 heterocycles. The zero-order valence-corrected chi connectivity index (χ0v) is 9.16. The average Bonchev–Trinajstić information content (AvgIpc) is 2.52. The molecular weight excluding hydrogens is 178 g/mol. The predicted molar refractivity (Wildman–Crippen MR) is 55.9 cm³/mol. The van der Waals surface area contributed by atoms with Gasteiger partial charge in [-0.05, 0) is 20.3 Å². The second-order valence-electron chi connectivity index (χ2n) is 4.04. The zero-order valence-electron chi connectivity index (χ0n) is 9.16. The van der Waals surface area contributed by atoms with Gasteiger partial charge in [-0.2, -0.15) is 0 Å². The lowest BCUT2D eigenvalue weighted by molar-refractivity contribution is 0.189. The number of aromatic nitrogens is 2. The van der Waals surface area contributed by atoms with Crippen LogP contribution in [0.2, 0.25) is 0 Å². The van der Waals surface area contributed by atoms with Crippen molar-refractivity contribution in [2.75, 3.05) is 13.7 Å². The van der Waals surface area contributed by atoms with Crippen LogP contribution in [0.25, 0.3) is 0 Å². The molecule has 14 heavy (non-hydrogen) atoms. The molecule has 1 aromatic heterocycles. The van der Waals surface area contributed by atoms with E-state index in [9.17, 15) is 0 Å². The van der Waals surface area contributed by atoms with Crippen LogP contribution < -0.4 is 5.73 Å². The maximum absolute atomic E-state index is 6.01. The first-order chi connectivity index (χ1) is 6.55. The Balaban J connectivity index is 2.63. The molecule has 0 amide bonds. The van der Waals surface area contributed by atoms with Gasteiger partial charge in [-0.25, -0.2) is 4.98 Å². The molecule has 1 rings (SSSR count). The Kier molecular flexibility index (Phi) is 3.66. The van der Waals surface area contributed by atoms with Crippen LogP contribution in [0.3, 0.4) is 0 Å². The highest BCUT2D eigenvalue weighted by molar-refractivity contribution is 5.09. The van der Waals surface area contributed by atoms with Gasteiger partial charge in [0.2, 0.25) is 0 Å². The third-order valence-corrected chi connectivity index (χ3v) is 2.12. The van der Waals surface area contributed by atoms with Gasteiger partial charge in [0, 0.05) is 26.5 Å². The van der Waals surface area contributed by atoms with Gasteiger partial charge in [-0.15, -0.1) is 0 Å². The van der Waals surface area contributed by atoms with Crippen molar-refractivity contribution in [1.29, 1.82) is 0 Å². The fourth-order valence-electron chi connectivity index (χ4n) is 1.41. The van der Waals surface area contributed by atoms with E-state index < -0.39 is 0 Å². The Morgan fingerprint density at radius 3 is 2.86 bits per heavy atom. The Bertz CT molecular complexity index is 275. The summed E-state index contributed by atoms with van der Waals surface area (Å²) in [4.78, 5) is 4.11. The number of hydrogen-bond donors (Lipinski definition) is 1. The number of aryl methyl sites for hydroxylation is 1. The molecule has 0 bridgehead atoms. The minimum Gasteiger partial charge on any atom is -0.385 e. The van der Waals surface area contributed by atoms with Crippen LogP contribution in [0.15, 0.2) is 12.5 Å². The summed E-state index contributed by atoms with van der Waals surface area (Å²) in [5.41, 5.74) is 6.75. The number of ether oxygens (including phenoxy) is 1. The summed E-state index contributed by atoms with van der Waals surface area (Å²) >= 11 is 0. The van der Waals surface area contributed by atoms with Gasteiger partial charge in [0.15, 0.2) is 0 Å². The summed E-state index contributed by atoms with van der Waals surface area (Å²) < 4.78 is 7.08. The molecule has 2 N–H and O–H groups in total. The Hall–Kier alpha value is -0.870. The highest BCUT2D eigenvalue weighted by Gasteiger charge is 2.18. The maximum atomic E-state index is 6.01.